The normalized spacial score (nSPS) is 13.9. The Kier molecular flexibility index (Phi) is 3.54. The highest BCUT2D eigenvalue weighted by Gasteiger charge is 2.19. The van der Waals surface area contributed by atoms with E-state index in [1.165, 1.54) is 26.3 Å². The van der Waals surface area contributed by atoms with Gasteiger partial charge in [-0.3, -0.25) is 0 Å². The van der Waals surface area contributed by atoms with Gasteiger partial charge in [-0.05, 0) is 51.1 Å². The second-order valence-electron chi connectivity index (χ2n) is 4.27. The van der Waals surface area contributed by atoms with Crippen molar-refractivity contribution in [3.63, 3.8) is 0 Å². The van der Waals surface area contributed by atoms with Crippen molar-refractivity contribution in [2.24, 2.45) is 0 Å². The van der Waals surface area contributed by atoms with Crippen LogP contribution >= 0.6 is 34.4 Å². The van der Waals surface area contributed by atoms with Crippen LogP contribution in [0.15, 0.2) is 40.8 Å². The highest BCUT2D eigenvalue weighted by molar-refractivity contribution is 14.1. The number of rotatable bonds is 1. The molecule has 19 heavy (non-hydrogen) atoms. The van der Waals surface area contributed by atoms with Crippen molar-refractivity contribution in [2.45, 2.75) is 4.90 Å². The number of thioether (sulfide) groups is 1. The van der Waals surface area contributed by atoms with Gasteiger partial charge in [-0.25, -0.2) is 4.79 Å². The molecule has 1 aliphatic rings. The monoisotopic (exact) mass is 382 g/mol. The van der Waals surface area contributed by atoms with Crippen LogP contribution in [0.3, 0.4) is 0 Å². The number of esters is 1. The average Bonchev–Trinajstić information content (AvgIpc) is 2.46. The van der Waals surface area contributed by atoms with Crippen molar-refractivity contribution in [1.82, 2.24) is 0 Å². The predicted octanol–water partition coefficient (Wildman–Crippen LogP) is 4.11. The molecule has 4 heteroatoms. The Morgan fingerprint density at radius 1 is 1.26 bits per heavy atom. The molecule has 0 saturated carbocycles. The minimum Gasteiger partial charge on any atom is -0.466 e. The molecule has 0 N–H and O–H groups in total. The van der Waals surface area contributed by atoms with Crippen molar-refractivity contribution in [1.29, 1.82) is 0 Å². The molecule has 2 aromatic rings. The Hall–Kier alpha value is -1.01. The summed E-state index contributed by atoms with van der Waals surface area (Å²) in [6, 6.07) is 10.5. The molecule has 0 spiro atoms. The molecular formula is C15H11IO2S. The van der Waals surface area contributed by atoms with E-state index in [9.17, 15) is 4.79 Å². The van der Waals surface area contributed by atoms with Crippen molar-refractivity contribution in [2.75, 3.05) is 12.9 Å². The highest BCUT2D eigenvalue weighted by atomic mass is 127. The van der Waals surface area contributed by atoms with E-state index in [-0.39, 0.29) is 5.97 Å². The predicted molar refractivity (Wildman–Crippen MR) is 87.4 cm³/mol. The lowest BCUT2D eigenvalue weighted by molar-refractivity contribution is -0.135. The van der Waals surface area contributed by atoms with Gasteiger partial charge in [-0.1, -0.05) is 24.3 Å². The molecule has 3 rings (SSSR count). The summed E-state index contributed by atoms with van der Waals surface area (Å²) >= 11 is 4.06. The third-order valence-corrected chi connectivity index (χ3v) is 5.28. The van der Waals surface area contributed by atoms with E-state index in [0.29, 0.717) is 5.75 Å². The van der Waals surface area contributed by atoms with Gasteiger partial charge >= 0.3 is 5.97 Å². The van der Waals surface area contributed by atoms with Crippen LogP contribution < -0.4 is 0 Å². The van der Waals surface area contributed by atoms with E-state index in [1.807, 2.05) is 6.08 Å². The first-order valence-corrected chi connectivity index (χ1v) is 7.90. The van der Waals surface area contributed by atoms with Crippen LogP contribution in [0.5, 0.6) is 0 Å². The summed E-state index contributed by atoms with van der Waals surface area (Å²) < 4.78 is 6.04. The van der Waals surface area contributed by atoms with Crippen LogP contribution in [-0.2, 0) is 9.53 Å². The summed E-state index contributed by atoms with van der Waals surface area (Å²) in [5, 5.41) is 2.53. The maximum absolute atomic E-state index is 11.6. The number of methoxy groups -OCH3 is 1. The SMILES string of the molecule is COC(=O)C1=Cc2ccc3c(I)cccc3c2SC1. The van der Waals surface area contributed by atoms with E-state index in [1.54, 1.807) is 11.8 Å². The van der Waals surface area contributed by atoms with E-state index >= 15 is 0 Å². The molecule has 0 fully saturated rings. The van der Waals surface area contributed by atoms with Crippen LogP contribution in [0.4, 0.5) is 0 Å². The third kappa shape index (κ3) is 2.27. The van der Waals surface area contributed by atoms with E-state index < -0.39 is 0 Å². The topological polar surface area (TPSA) is 26.3 Å². The molecule has 0 saturated heterocycles. The quantitative estimate of drug-likeness (QED) is 0.549. The molecule has 1 aliphatic heterocycles. The largest absolute Gasteiger partial charge is 0.466 e. The summed E-state index contributed by atoms with van der Waals surface area (Å²) in [5.41, 5.74) is 1.83. The number of ether oxygens (including phenoxy) is 1. The Balaban J connectivity index is 2.19. The molecule has 0 amide bonds. The fourth-order valence-electron chi connectivity index (χ4n) is 2.21. The van der Waals surface area contributed by atoms with Crippen molar-refractivity contribution < 1.29 is 9.53 Å². The van der Waals surface area contributed by atoms with Crippen molar-refractivity contribution >= 4 is 57.2 Å². The van der Waals surface area contributed by atoms with Crippen LogP contribution in [0, 0.1) is 3.57 Å². The van der Waals surface area contributed by atoms with Gasteiger partial charge in [0, 0.05) is 19.8 Å². The van der Waals surface area contributed by atoms with Gasteiger partial charge in [0.1, 0.15) is 0 Å². The first kappa shape index (κ1) is 13.0. The lowest BCUT2D eigenvalue weighted by atomic mass is 10.0. The van der Waals surface area contributed by atoms with Gasteiger partial charge in [-0.15, -0.1) is 11.8 Å². The standard InChI is InChI=1S/C15H11IO2S/c1-18-15(17)10-7-9-5-6-11-12(14(9)19-8-10)3-2-4-13(11)16/h2-7H,8H2,1H3. The molecule has 0 radical (unpaired) electrons. The third-order valence-electron chi connectivity index (χ3n) is 3.14. The van der Waals surface area contributed by atoms with Crippen LogP contribution in [0.1, 0.15) is 5.56 Å². The number of carbonyl (C=O) groups is 1. The number of fused-ring (bicyclic) bond motifs is 3. The maximum atomic E-state index is 11.6. The fourth-order valence-corrected chi connectivity index (χ4v) is 4.02. The number of carbonyl (C=O) groups excluding carboxylic acids is 1. The molecule has 0 aliphatic carbocycles. The Morgan fingerprint density at radius 2 is 2.11 bits per heavy atom. The molecule has 2 aromatic carbocycles. The maximum Gasteiger partial charge on any atom is 0.334 e. The fraction of sp³-hybridized carbons (Fsp3) is 0.133. The van der Waals surface area contributed by atoms with Gasteiger partial charge in [0.05, 0.1) is 7.11 Å². The second-order valence-corrected chi connectivity index (χ2v) is 6.42. The van der Waals surface area contributed by atoms with Crippen molar-refractivity contribution in [3.8, 4) is 0 Å². The molecule has 1 heterocycles. The van der Waals surface area contributed by atoms with Crippen LogP contribution in [0.2, 0.25) is 0 Å². The minimum atomic E-state index is -0.235. The van der Waals surface area contributed by atoms with Gasteiger partial charge in [-0.2, -0.15) is 0 Å². The molecule has 0 bridgehead atoms. The smallest absolute Gasteiger partial charge is 0.334 e. The first-order valence-electron chi connectivity index (χ1n) is 5.83. The molecule has 0 aromatic heterocycles. The van der Waals surface area contributed by atoms with E-state index in [2.05, 4.69) is 52.9 Å². The number of benzene rings is 2. The molecule has 2 nitrogen and oxygen atoms in total. The lowest BCUT2D eigenvalue weighted by Crippen LogP contribution is -2.09. The number of hydrogen-bond donors (Lipinski definition) is 0. The Bertz CT molecular complexity index is 707. The summed E-state index contributed by atoms with van der Waals surface area (Å²) in [6.07, 6.45) is 1.94. The molecule has 96 valence electrons. The van der Waals surface area contributed by atoms with E-state index in [4.69, 9.17) is 4.74 Å². The highest BCUT2D eigenvalue weighted by Crippen LogP contribution is 2.38. The number of hydrogen-bond acceptors (Lipinski definition) is 3. The van der Waals surface area contributed by atoms with Gasteiger partial charge in [0.15, 0.2) is 0 Å². The zero-order valence-corrected chi connectivity index (χ0v) is 13.2. The molecule has 0 unspecified atom stereocenters. The Morgan fingerprint density at radius 3 is 2.89 bits per heavy atom. The summed E-state index contributed by atoms with van der Waals surface area (Å²) in [7, 11) is 1.42. The van der Waals surface area contributed by atoms with Crippen molar-refractivity contribution in [3.05, 3.63) is 45.0 Å². The summed E-state index contributed by atoms with van der Waals surface area (Å²) in [5.74, 6) is 0.436. The van der Waals surface area contributed by atoms with Gasteiger partial charge < -0.3 is 4.74 Å². The average molecular weight is 382 g/mol. The second kappa shape index (κ2) is 5.17. The van der Waals surface area contributed by atoms with Crippen LogP contribution in [0.25, 0.3) is 16.8 Å². The minimum absolute atomic E-state index is 0.235. The molecular weight excluding hydrogens is 371 g/mol. The first-order chi connectivity index (χ1) is 9.20. The van der Waals surface area contributed by atoms with Crippen LogP contribution in [-0.4, -0.2) is 18.8 Å². The van der Waals surface area contributed by atoms with E-state index in [0.717, 1.165) is 11.1 Å². The zero-order chi connectivity index (χ0) is 13.4. The van der Waals surface area contributed by atoms with Gasteiger partial charge in [0.25, 0.3) is 0 Å². The zero-order valence-electron chi connectivity index (χ0n) is 10.3. The summed E-state index contributed by atoms with van der Waals surface area (Å²) in [6.45, 7) is 0. The van der Waals surface area contributed by atoms with Gasteiger partial charge in [0.2, 0.25) is 0 Å². The Labute approximate surface area is 129 Å². The summed E-state index contributed by atoms with van der Waals surface area (Å²) in [4.78, 5) is 12.8. The molecule has 0 atom stereocenters. The lowest BCUT2D eigenvalue weighted by Gasteiger charge is -2.17. The number of halogens is 1.